The fourth-order valence-corrected chi connectivity index (χ4v) is 2.43. The average Bonchev–Trinajstić information content (AvgIpc) is 2.69. The summed E-state index contributed by atoms with van der Waals surface area (Å²) in [6, 6.07) is 0. The first-order valence-corrected chi connectivity index (χ1v) is 7.24. The van der Waals surface area contributed by atoms with E-state index in [0.717, 1.165) is 11.3 Å². The Balaban J connectivity index is 2.94. The maximum absolute atomic E-state index is 11.7. The van der Waals surface area contributed by atoms with E-state index >= 15 is 0 Å². The van der Waals surface area contributed by atoms with E-state index in [9.17, 15) is 9.59 Å². The molecule has 0 spiro atoms. The number of carbonyl (C=O) groups excluding carboxylic acids is 2. The van der Waals surface area contributed by atoms with Crippen LogP contribution >= 0.6 is 34.7 Å². The molecular weight excluding hydrogens is 282 g/mol. The van der Waals surface area contributed by atoms with E-state index < -0.39 is 5.97 Å². The summed E-state index contributed by atoms with van der Waals surface area (Å²) in [5, 5.41) is 4.37. The Morgan fingerprint density at radius 3 is 2.76 bits per heavy atom. The zero-order chi connectivity index (χ0) is 13.0. The Labute approximate surface area is 113 Å². The molecule has 1 aromatic heterocycles. The van der Waals surface area contributed by atoms with Gasteiger partial charge in [0.1, 0.15) is 4.88 Å². The van der Waals surface area contributed by atoms with Crippen molar-refractivity contribution in [2.75, 3.05) is 18.7 Å². The number of thiophene rings is 1. The van der Waals surface area contributed by atoms with Gasteiger partial charge in [-0.2, -0.15) is 11.8 Å². The molecule has 0 radical (unpaired) electrons. The summed E-state index contributed by atoms with van der Waals surface area (Å²) >= 11 is 8.47. The van der Waals surface area contributed by atoms with Crippen molar-refractivity contribution >= 4 is 52.3 Å². The number of carbonyl (C=O) groups is 2. The molecule has 4 nitrogen and oxygen atoms in total. The molecule has 0 fully saturated rings. The van der Waals surface area contributed by atoms with E-state index in [0.29, 0.717) is 15.6 Å². The number of thioether (sulfide) groups is 1. The quantitative estimate of drug-likeness (QED) is 0.867. The molecule has 7 heteroatoms. The Kier molecular flexibility index (Phi) is 5.30. The molecule has 1 aromatic rings. The predicted molar refractivity (Wildman–Crippen MR) is 72.3 cm³/mol. The van der Waals surface area contributed by atoms with Crippen molar-refractivity contribution in [3.05, 3.63) is 15.3 Å². The first-order valence-electron chi connectivity index (χ1n) is 4.70. The number of methoxy groups -OCH3 is 1. The molecule has 1 heterocycles. The van der Waals surface area contributed by atoms with Gasteiger partial charge < -0.3 is 10.1 Å². The number of ether oxygens (including phenoxy) is 1. The van der Waals surface area contributed by atoms with E-state index in [4.69, 9.17) is 11.6 Å². The molecule has 94 valence electrons. The Morgan fingerprint density at radius 2 is 2.24 bits per heavy atom. The van der Waals surface area contributed by atoms with Gasteiger partial charge in [-0.25, -0.2) is 4.79 Å². The van der Waals surface area contributed by atoms with Crippen LogP contribution in [0, 0.1) is 0 Å². The van der Waals surface area contributed by atoms with E-state index in [1.165, 1.54) is 18.9 Å². The fraction of sp³-hybridized carbons (Fsp3) is 0.400. The van der Waals surface area contributed by atoms with E-state index in [-0.39, 0.29) is 11.2 Å². The van der Waals surface area contributed by atoms with Crippen molar-refractivity contribution in [3.8, 4) is 0 Å². The van der Waals surface area contributed by atoms with Crippen molar-refractivity contribution in [1.29, 1.82) is 0 Å². The molecule has 1 amide bonds. The van der Waals surface area contributed by atoms with Gasteiger partial charge in [0.25, 0.3) is 0 Å². The van der Waals surface area contributed by atoms with Crippen molar-refractivity contribution < 1.29 is 14.3 Å². The number of esters is 1. The molecule has 1 rings (SSSR count). The smallest absolute Gasteiger partial charge is 0.350 e. The normalized spacial score (nSPS) is 12.0. The third kappa shape index (κ3) is 3.37. The maximum atomic E-state index is 11.7. The van der Waals surface area contributed by atoms with Gasteiger partial charge in [-0.05, 0) is 13.2 Å². The Morgan fingerprint density at radius 1 is 1.59 bits per heavy atom. The Bertz CT molecular complexity index is 433. The van der Waals surface area contributed by atoms with Gasteiger partial charge in [0.05, 0.1) is 23.1 Å². The van der Waals surface area contributed by atoms with Crippen LogP contribution in [-0.2, 0) is 9.53 Å². The van der Waals surface area contributed by atoms with E-state index in [1.54, 1.807) is 12.3 Å². The maximum Gasteiger partial charge on any atom is 0.350 e. The lowest BCUT2D eigenvalue weighted by molar-refractivity contribution is -0.115. The summed E-state index contributed by atoms with van der Waals surface area (Å²) in [6.45, 7) is 1.78. The minimum atomic E-state index is -0.506. The summed E-state index contributed by atoms with van der Waals surface area (Å²) in [7, 11) is 1.28. The highest BCUT2D eigenvalue weighted by Gasteiger charge is 2.21. The topological polar surface area (TPSA) is 55.4 Å². The van der Waals surface area contributed by atoms with Crippen LogP contribution in [0.25, 0.3) is 0 Å². The Hall–Kier alpha value is -0.720. The number of anilines is 1. The van der Waals surface area contributed by atoms with Gasteiger partial charge in [-0.15, -0.1) is 11.3 Å². The largest absolute Gasteiger partial charge is 0.465 e. The van der Waals surface area contributed by atoms with Crippen molar-refractivity contribution in [2.45, 2.75) is 12.2 Å². The number of hydrogen-bond acceptors (Lipinski definition) is 5. The molecule has 0 saturated carbocycles. The zero-order valence-corrected chi connectivity index (χ0v) is 12.0. The van der Waals surface area contributed by atoms with Gasteiger partial charge in [-0.1, -0.05) is 11.6 Å². The first-order chi connectivity index (χ1) is 8.01. The zero-order valence-electron chi connectivity index (χ0n) is 9.57. The van der Waals surface area contributed by atoms with Crippen LogP contribution in [0.2, 0.25) is 5.02 Å². The highest BCUT2D eigenvalue weighted by molar-refractivity contribution is 7.99. The van der Waals surface area contributed by atoms with Gasteiger partial charge in [-0.3, -0.25) is 4.79 Å². The molecular formula is C10H12ClNO3S2. The van der Waals surface area contributed by atoms with Crippen LogP contribution in [0.3, 0.4) is 0 Å². The third-order valence-corrected chi connectivity index (χ3v) is 4.40. The average molecular weight is 294 g/mol. The lowest BCUT2D eigenvalue weighted by atomic mass is 10.3. The molecule has 0 bridgehead atoms. The summed E-state index contributed by atoms with van der Waals surface area (Å²) in [4.78, 5) is 23.5. The number of nitrogens with one attached hydrogen (secondary N) is 1. The van der Waals surface area contributed by atoms with Crippen LogP contribution in [0.15, 0.2) is 5.38 Å². The summed E-state index contributed by atoms with van der Waals surface area (Å²) in [6.07, 6.45) is 1.83. The second-order valence-corrected chi connectivity index (χ2v) is 5.61. The summed E-state index contributed by atoms with van der Waals surface area (Å²) in [5.41, 5.74) is 0.328. The minimum Gasteiger partial charge on any atom is -0.465 e. The van der Waals surface area contributed by atoms with E-state index in [2.05, 4.69) is 10.1 Å². The van der Waals surface area contributed by atoms with Crippen molar-refractivity contribution in [2.24, 2.45) is 0 Å². The molecule has 0 aliphatic rings. The second kappa shape index (κ2) is 6.28. The third-order valence-electron chi connectivity index (χ3n) is 2.09. The second-order valence-electron chi connectivity index (χ2n) is 3.15. The molecule has 0 aromatic carbocycles. The lowest BCUT2D eigenvalue weighted by Crippen LogP contribution is -2.23. The van der Waals surface area contributed by atoms with Crippen molar-refractivity contribution in [3.63, 3.8) is 0 Å². The molecule has 0 aliphatic carbocycles. The predicted octanol–water partition coefficient (Wildman–Crippen LogP) is 2.88. The molecule has 1 N–H and O–H groups in total. The summed E-state index contributed by atoms with van der Waals surface area (Å²) in [5.74, 6) is -0.697. The molecule has 17 heavy (non-hydrogen) atoms. The van der Waals surface area contributed by atoms with Gasteiger partial charge in [0, 0.05) is 5.38 Å². The number of amides is 1. The molecule has 1 atom stereocenters. The van der Waals surface area contributed by atoms with Crippen molar-refractivity contribution in [1.82, 2.24) is 0 Å². The van der Waals surface area contributed by atoms with Crippen LogP contribution in [-0.4, -0.2) is 30.5 Å². The highest BCUT2D eigenvalue weighted by atomic mass is 35.5. The summed E-state index contributed by atoms with van der Waals surface area (Å²) < 4.78 is 4.61. The SMILES string of the molecule is COC(=O)c1scc(Cl)c1NC(=O)C(C)SC. The van der Waals surface area contributed by atoms with Crippen LogP contribution in [0.5, 0.6) is 0 Å². The van der Waals surface area contributed by atoms with Crippen LogP contribution in [0.1, 0.15) is 16.6 Å². The number of halogens is 1. The number of rotatable bonds is 4. The molecule has 0 saturated heterocycles. The van der Waals surface area contributed by atoms with Gasteiger partial charge in [0.15, 0.2) is 0 Å². The van der Waals surface area contributed by atoms with Crippen LogP contribution < -0.4 is 5.32 Å². The highest BCUT2D eigenvalue weighted by Crippen LogP contribution is 2.33. The standard InChI is InChI=1S/C10H12ClNO3S2/c1-5(16-3)9(13)12-7-6(11)4-17-8(7)10(14)15-2/h4-5H,1-3H3,(H,12,13). The van der Waals surface area contributed by atoms with E-state index in [1.807, 2.05) is 6.26 Å². The first kappa shape index (κ1) is 14.3. The van der Waals surface area contributed by atoms with Gasteiger partial charge >= 0.3 is 5.97 Å². The monoisotopic (exact) mass is 293 g/mol. The minimum absolute atomic E-state index is 0.192. The fourth-order valence-electron chi connectivity index (χ4n) is 1.03. The van der Waals surface area contributed by atoms with Crippen LogP contribution in [0.4, 0.5) is 5.69 Å². The molecule has 0 aliphatic heterocycles. The molecule has 1 unspecified atom stereocenters. The lowest BCUT2D eigenvalue weighted by Gasteiger charge is -2.10. The number of hydrogen-bond donors (Lipinski definition) is 1. The van der Waals surface area contributed by atoms with Gasteiger partial charge in [0.2, 0.25) is 5.91 Å².